The maximum atomic E-state index is 8.65. The second-order valence-corrected chi connectivity index (χ2v) is 4.36. The van der Waals surface area contributed by atoms with E-state index in [2.05, 4.69) is 15.1 Å². The number of hydrogen-bond donors (Lipinski definition) is 1. The molecule has 1 aromatic carbocycles. The molecular weight excluding hydrogens is 236 g/mol. The number of thiazole rings is 1. The number of rotatable bonds is 1. The van der Waals surface area contributed by atoms with Gasteiger partial charge in [0.15, 0.2) is 0 Å². The summed E-state index contributed by atoms with van der Waals surface area (Å²) in [5, 5.41) is 13.3. The highest BCUT2D eigenvalue weighted by molar-refractivity contribution is 7.20. The third-order valence-electron chi connectivity index (χ3n) is 2.19. The molecule has 0 fully saturated rings. The van der Waals surface area contributed by atoms with Crippen molar-refractivity contribution in [3.8, 4) is 11.2 Å². The molecule has 0 aliphatic heterocycles. The van der Waals surface area contributed by atoms with Crippen LogP contribution in [0.4, 0.5) is 5.69 Å². The number of nitrogens with two attached hydrogens (primary N) is 1. The Labute approximate surface area is 100.0 Å². The highest BCUT2D eigenvalue weighted by Gasteiger charge is 2.08. The molecule has 0 radical (unpaired) electrons. The number of anilines is 1. The molecule has 0 atom stereocenters. The predicted octanol–water partition coefficient (Wildman–Crippen LogP) is 1.33. The Hall–Kier alpha value is -2.46. The van der Waals surface area contributed by atoms with E-state index in [9.17, 15) is 0 Å². The van der Waals surface area contributed by atoms with Gasteiger partial charge >= 0.3 is 0 Å². The predicted molar refractivity (Wildman–Crippen MR) is 63.7 cm³/mol. The quantitative estimate of drug-likeness (QED) is 0.650. The number of hydrogen-bond acceptors (Lipinski definition) is 6. The van der Waals surface area contributed by atoms with Crippen molar-refractivity contribution in [2.45, 2.75) is 0 Å². The van der Waals surface area contributed by atoms with Crippen LogP contribution < -0.4 is 5.73 Å². The highest BCUT2D eigenvalue weighted by Crippen LogP contribution is 2.25. The normalized spacial score (nSPS) is 10.5. The zero-order chi connectivity index (χ0) is 11.8. The molecule has 0 aliphatic carbocycles. The molecular formula is C10H6N6S. The molecule has 0 saturated carbocycles. The molecule has 0 saturated heterocycles. The van der Waals surface area contributed by atoms with Crippen molar-refractivity contribution in [2.75, 3.05) is 5.73 Å². The van der Waals surface area contributed by atoms with E-state index in [1.54, 1.807) is 6.07 Å². The van der Waals surface area contributed by atoms with Crippen LogP contribution in [0.5, 0.6) is 0 Å². The van der Waals surface area contributed by atoms with Gasteiger partial charge in [0, 0.05) is 5.69 Å². The zero-order valence-corrected chi connectivity index (χ0v) is 9.35. The maximum absolute atomic E-state index is 8.65. The first kappa shape index (κ1) is 9.74. The standard InChI is InChI=1S/C10H6N6S/c11-4-9-13-5-16(15-9)10-14-7-2-1-6(12)3-8(7)17-10/h1-3,5H,12H2. The molecule has 3 rings (SSSR count). The molecule has 0 unspecified atom stereocenters. The fourth-order valence-corrected chi connectivity index (χ4v) is 2.37. The zero-order valence-electron chi connectivity index (χ0n) is 8.53. The summed E-state index contributed by atoms with van der Waals surface area (Å²) in [6.45, 7) is 0. The third kappa shape index (κ3) is 1.60. The summed E-state index contributed by atoms with van der Waals surface area (Å²) >= 11 is 1.45. The van der Waals surface area contributed by atoms with Gasteiger partial charge in [-0.2, -0.15) is 9.94 Å². The van der Waals surface area contributed by atoms with Crippen LogP contribution in [-0.2, 0) is 0 Å². The Bertz CT molecular complexity index is 735. The van der Waals surface area contributed by atoms with Crippen LogP contribution in [0.25, 0.3) is 15.3 Å². The second kappa shape index (κ2) is 3.54. The summed E-state index contributed by atoms with van der Waals surface area (Å²) in [6.07, 6.45) is 1.47. The summed E-state index contributed by atoms with van der Waals surface area (Å²) in [7, 11) is 0. The Kier molecular flexibility index (Phi) is 2.03. The van der Waals surface area contributed by atoms with E-state index < -0.39 is 0 Å². The number of benzene rings is 1. The van der Waals surface area contributed by atoms with E-state index in [1.165, 1.54) is 22.3 Å². The topological polar surface area (TPSA) is 93.4 Å². The van der Waals surface area contributed by atoms with Gasteiger partial charge in [-0.1, -0.05) is 11.3 Å². The average Bonchev–Trinajstić information content (AvgIpc) is 2.93. The van der Waals surface area contributed by atoms with E-state index in [1.807, 2.05) is 18.2 Å². The van der Waals surface area contributed by atoms with Gasteiger partial charge in [0.05, 0.1) is 10.2 Å². The maximum Gasteiger partial charge on any atom is 0.252 e. The molecule has 2 aromatic heterocycles. The van der Waals surface area contributed by atoms with E-state index >= 15 is 0 Å². The van der Waals surface area contributed by atoms with Crippen LogP contribution in [0.3, 0.4) is 0 Å². The molecule has 0 amide bonds. The number of aromatic nitrogens is 4. The van der Waals surface area contributed by atoms with Crippen molar-refractivity contribution in [1.82, 2.24) is 19.7 Å². The highest BCUT2D eigenvalue weighted by atomic mass is 32.1. The van der Waals surface area contributed by atoms with Gasteiger partial charge in [0.25, 0.3) is 5.82 Å². The summed E-state index contributed by atoms with van der Waals surface area (Å²) in [5.74, 6) is 0.128. The van der Waals surface area contributed by atoms with Crippen LogP contribution in [0, 0.1) is 11.3 Å². The fourth-order valence-electron chi connectivity index (χ4n) is 1.43. The minimum atomic E-state index is 0.128. The van der Waals surface area contributed by atoms with Gasteiger partial charge in [-0.15, -0.1) is 5.10 Å². The van der Waals surface area contributed by atoms with Crippen LogP contribution in [0.1, 0.15) is 5.82 Å². The first-order chi connectivity index (χ1) is 8.26. The van der Waals surface area contributed by atoms with E-state index in [-0.39, 0.29) is 5.82 Å². The van der Waals surface area contributed by atoms with Crippen molar-refractivity contribution < 1.29 is 0 Å². The van der Waals surface area contributed by atoms with Gasteiger partial charge in [0.2, 0.25) is 5.13 Å². The van der Waals surface area contributed by atoms with Crippen LogP contribution in [0.2, 0.25) is 0 Å². The summed E-state index contributed by atoms with van der Waals surface area (Å²) < 4.78 is 2.47. The van der Waals surface area contributed by atoms with E-state index in [0.717, 1.165) is 10.2 Å². The monoisotopic (exact) mass is 242 g/mol. The molecule has 3 aromatic rings. The van der Waals surface area contributed by atoms with Gasteiger partial charge in [-0.25, -0.2) is 9.97 Å². The SMILES string of the molecule is N#Cc1ncn(-c2nc3ccc(N)cc3s2)n1. The first-order valence-corrected chi connectivity index (χ1v) is 5.56. The summed E-state index contributed by atoms with van der Waals surface area (Å²) in [4.78, 5) is 8.22. The van der Waals surface area contributed by atoms with Crippen LogP contribution >= 0.6 is 11.3 Å². The average molecular weight is 242 g/mol. The summed E-state index contributed by atoms with van der Waals surface area (Å²) in [5.41, 5.74) is 7.25. The Morgan fingerprint density at radius 2 is 2.29 bits per heavy atom. The lowest BCUT2D eigenvalue weighted by atomic mass is 10.3. The number of nitriles is 1. The molecule has 7 heteroatoms. The number of fused-ring (bicyclic) bond motifs is 1. The molecule has 0 spiro atoms. The second-order valence-electron chi connectivity index (χ2n) is 3.35. The minimum Gasteiger partial charge on any atom is -0.399 e. The van der Waals surface area contributed by atoms with Crippen molar-refractivity contribution in [3.63, 3.8) is 0 Å². The number of nitrogens with zero attached hydrogens (tertiary/aromatic N) is 5. The molecule has 2 N–H and O–H groups in total. The Balaban J connectivity index is 2.15. The minimum absolute atomic E-state index is 0.128. The van der Waals surface area contributed by atoms with E-state index in [4.69, 9.17) is 11.0 Å². The van der Waals surface area contributed by atoms with Crippen LogP contribution in [-0.4, -0.2) is 19.7 Å². The lowest BCUT2D eigenvalue weighted by molar-refractivity contribution is 0.865. The van der Waals surface area contributed by atoms with Crippen molar-refractivity contribution in [2.24, 2.45) is 0 Å². The van der Waals surface area contributed by atoms with Crippen molar-refractivity contribution in [1.29, 1.82) is 5.26 Å². The van der Waals surface area contributed by atoms with Gasteiger partial charge < -0.3 is 5.73 Å². The molecule has 0 aliphatic rings. The molecule has 82 valence electrons. The van der Waals surface area contributed by atoms with Crippen LogP contribution in [0.15, 0.2) is 24.5 Å². The summed E-state index contributed by atoms with van der Waals surface area (Å²) in [6, 6.07) is 7.39. The fraction of sp³-hybridized carbons (Fsp3) is 0. The third-order valence-corrected chi connectivity index (χ3v) is 3.20. The lowest BCUT2D eigenvalue weighted by Crippen LogP contribution is -1.93. The van der Waals surface area contributed by atoms with Crippen molar-refractivity contribution >= 4 is 27.2 Å². The molecule has 17 heavy (non-hydrogen) atoms. The Morgan fingerprint density at radius 1 is 1.41 bits per heavy atom. The van der Waals surface area contributed by atoms with Gasteiger partial charge in [-0.05, 0) is 18.2 Å². The Morgan fingerprint density at radius 3 is 3.06 bits per heavy atom. The van der Waals surface area contributed by atoms with Crippen molar-refractivity contribution in [3.05, 3.63) is 30.4 Å². The lowest BCUT2D eigenvalue weighted by Gasteiger charge is -1.88. The molecule has 6 nitrogen and oxygen atoms in total. The molecule has 2 heterocycles. The largest absolute Gasteiger partial charge is 0.399 e. The van der Waals surface area contributed by atoms with E-state index in [0.29, 0.717) is 10.8 Å². The van der Waals surface area contributed by atoms with Gasteiger partial charge in [-0.3, -0.25) is 0 Å². The first-order valence-electron chi connectivity index (χ1n) is 4.74. The van der Waals surface area contributed by atoms with Gasteiger partial charge in [0.1, 0.15) is 12.4 Å². The smallest absolute Gasteiger partial charge is 0.252 e. The molecule has 0 bridgehead atoms. The number of nitrogen functional groups attached to an aromatic ring is 1.